The van der Waals surface area contributed by atoms with Gasteiger partial charge in [0.05, 0.1) is 9.88 Å². The zero-order valence-corrected chi connectivity index (χ0v) is 15.9. The number of thiophene rings is 1. The third-order valence-corrected chi connectivity index (χ3v) is 5.32. The molecule has 0 aliphatic heterocycles. The van der Waals surface area contributed by atoms with Crippen LogP contribution in [0.1, 0.15) is 38.4 Å². The normalized spacial score (nSPS) is 14.3. The van der Waals surface area contributed by atoms with E-state index < -0.39 is 11.7 Å². The lowest BCUT2D eigenvalue weighted by atomic mass is 10.2. The molecule has 8 heteroatoms. The largest absolute Gasteiger partial charge is 0.350 e. The predicted octanol–water partition coefficient (Wildman–Crippen LogP) is 3.34. The fourth-order valence-electron chi connectivity index (χ4n) is 2.56. The van der Waals surface area contributed by atoms with Gasteiger partial charge in [0.2, 0.25) is 0 Å². The molecule has 1 aromatic heterocycles. The van der Waals surface area contributed by atoms with Crippen molar-refractivity contribution >= 4 is 40.6 Å². The Labute approximate surface area is 161 Å². The van der Waals surface area contributed by atoms with Crippen molar-refractivity contribution in [3.8, 4) is 0 Å². The quantitative estimate of drug-likeness (QED) is 0.698. The van der Waals surface area contributed by atoms with E-state index in [4.69, 9.17) is 5.73 Å². The third-order valence-electron chi connectivity index (χ3n) is 4.17. The molecule has 1 unspecified atom stereocenters. The molecule has 1 aliphatic rings. The van der Waals surface area contributed by atoms with E-state index in [2.05, 4.69) is 10.6 Å². The Bertz CT molecular complexity index is 807. The van der Waals surface area contributed by atoms with Crippen LogP contribution in [0.3, 0.4) is 0 Å². The van der Waals surface area contributed by atoms with Crippen molar-refractivity contribution in [3.05, 3.63) is 52.2 Å². The molecule has 0 spiro atoms. The van der Waals surface area contributed by atoms with Gasteiger partial charge in [-0.25, -0.2) is 4.39 Å². The SMILES string of the molecule is Cc1cc(NC(=O)c2cccc(F)c2)sc1C(=O)NCC(N)C1CC1.Cl. The highest BCUT2D eigenvalue weighted by Gasteiger charge is 2.28. The second-order valence-corrected chi connectivity index (χ2v) is 7.35. The van der Waals surface area contributed by atoms with Crippen LogP contribution >= 0.6 is 23.7 Å². The van der Waals surface area contributed by atoms with Crippen molar-refractivity contribution in [3.63, 3.8) is 0 Å². The van der Waals surface area contributed by atoms with Crippen molar-refractivity contribution in [2.75, 3.05) is 11.9 Å². The summed E-state index contributed by atoms with van der Waals surface area (Å²) in [4.78, 5) is 25.0. The first kappa shape index (κ1) is 20.4. The lowest BCUT2D eigenvalue weighted by Gasteiger charge is -2.11. The van der Waals surface area contributed by atoms with Gasteiger partial charge in [-0.1, -0.05) is 6.07 Å². The number of nitrogens with two attached hydrogens (primary N) is 1. The fraction of sp³-hybridized carbons (Fsp3) is 0.333. The molecule has 2 amide bonds. The van der Waals surface area contributed by atoms with Crippen molar-refractivity contribution in [1.29, 1.82) is 0 Å². The Balaban J connectivity index is 0.00000243. The molecule has 0 saturated heterocycles. The molecular formula is C18H21ClFN3O2S. The summed E-state index contributed by atoms with van der Waals surface area (Å²) in [5.74, 6) is -0.554. The van der Waals surface area contributed by atoms with Gasteiger partial charge >= 0.3 is 0 Å². The second-order valence-electron chi connectivity index (χ2n) is 6.30. The van der Waals surface area contributed by atoms with Crippen LogP contribution in [0.2, 0.25) is 0 Å². The Kier molecular flexibility index (Phi) is 6.75. The summed E-state index contributed by atoms with van der Waals surface area (Å²) in [5.41, 5.74) is 7.00. The van der Waals surface area contributed by atoms with Crippen molar-refractivity contribution in [1.82, 2.24) is 5.32 Å². The van der Waals surface area contributed by atoms with Crippen LogP contribution in [0.5, 0.6) is 0 Å². The van der Waals surface area contributed by atoms with E-state index in [1.165, 1.54) is 35.6 Å². The van der Waals surface area contributed by atoms with Crippen LogP contribution in [0, 0.1) is 18.7 Å². The molecule has 5 nitrogen and oxygen atoms in total. The molecule has 1 heterocycles. The second kappa shape index (κ2) is 8.62. The number of rotatable bonds is 6. The van der Waals surface area contributed by atoms with Gasteiger partial charge in [0.25, 0.3) is 11.8 Å². The molecule has 1 atom stereocenters. The maximum absolute atomic E-state index is 13.2. The van der Waals surface area contributed by atoms with E-state index in [9.17, 15) is 14.0 Å². The molecule has 26 heavy (non-hydrogen) atoms. The standard InChI is InChI=1S/C18H20FN3O2S.ClH/c1-10-7-15(22-17(23)12-3-2-4-13(19)8-12)25-16(10)18(24)21-9-14(20)11-5-6-11;/h2-4,7-8,11,14H,5-6,9,20H2,1H3,(H,21,24)(H,22,23);1H. The fourth-order valence-corrected chi connectivity index (χ4v) is 3.55. The first-order chi connectivity index (χ1) is 11.9. The zero-order chi connectivity index (χ0) is 18.0. The number of aryl methyl sites for hydroxylation is 1. The van der Waals surface area contributed by atoms with Crippen molar-refractivity contribution in [2.24, 2.45) is 11.7 Å². The first-order valence-corrected chi connectivity index (χ1v) is 8.97. The molecule has 1 fully saturated rings. The topological polar surface area (TPSA) is 84.2 Å². The smallest absolute Gasteiger partial charge is 0.261 e. The van der Waals surface area contributed by atoms with Crippen LogP contribution in [0.4, 0.5) is 9.39 Å². The molecule has 140 valence electrons. The summed E-state index contributed by atoms with van der Waals surface area (Å²) >= 11 is 1.19. The van der Waals surface area contributed by atoms with Gasteiger partial charge in [0.15, 0.2) is 0 Å². The summed E-state index contributed by atoms with van der Waals surface area (Å²) in [5, 5.41) is 6.10. The lowest BCUT2D eigenvalue weighted by Crippen LogP contribution is -2.38. The molecular weight excluding hydrogens is 377 g/mol. The number of carbonyl (C=O) groups excluding carboxylic acids is 2. The van der Waals surface area contributed by atoms with Crippen LogP contribution in [-0.2, 0) is 0 Å². The first-order valence-electron chi connectivity index (χ1n) is 8.15. The number of nitrogens with one attached hydrogen (secondary N) is 2. The highest BCUT2D eigenvalue weighted by Crippen LogP contribution is 2.31. The Hall–Kier alpha value is -1.96. The van der Waals surface area contributed by atoms with Crippen molar-refractivity contribution in [2.45, 2.75) is 25.8 Å². The van der Waals surface area contributed by atoms with Gasteiger partial charge in [-0.3, -0.25) is 9.59 Å². The molecule has 2 aromatic rings. The van der Waals surface area contributed by atoms with E-state index in [1.54, 1.807) is 6.07 Å². The molecule has 1 aliphatic carbocycles. The van der Waals surface area contributed by atoms with Gasteiger partial charge in [0.1, 0.15) is 5.82 Å². The minimum atomic E-state index is -0.470. The third kappa shape index (κ3) is 5.03. The van der Waals surface area contributed by atoms with Crippen molar-refractivity contribution < 1.29 is 14.0 Å². The molecule has 1 aromatic carbocycles. The van der Waals surface area contributed by atoms with E-state index in [1.807, 2.05) is 6.92 Å². The number of anilines is 1. The molecule has 0 radical (unpaired) electrons. The maximum Gasteiger partial charge on any atom is 0.261 e. The minimum Gasteiger partial charge on any atom is -0.350 e. The predicted molar refractivity (Wildman–Crippen MR) is 104 cm³/mol. The summed E-state index contributed by atoms with van der Waals surface area (Å²) < 4.78 is 13.2. The average molecular weight is 398 g/mol. The molecule has 4 N–H and O–H groups in total. The number of carbonyl (C=O) groups is 2. The number of benzene rings is 1. The maximum atomic E-state index is 13.2. The summed E-state index contributed by atoms with van der Waals surface area (Å²) in [7, 11) is 0. The number of halogens is 2. The van der Waals surface area contributed by atoms with Gasteiger partial charge in [-0.2, -0.15) is 0 Å². The Morgan fingerprint density at radius 3 is 2.69 bits per heavy atom. The van der Waals surface area contributed by atoms with Crippen LogP contribution in [-0.4, -0.2) is 24.4 Å². The van der Waals surface area contributed by atoms with E-state index >= 15 is 0 Å². The van der Waals surface area contributed by atoms with Gasteiger partial charge < -0.3 is 16.4 Å². The zero-order valence-electron chi connectivity index (χ0n) is 14.3. The molecule has 0 bridgehead atoms. The summed E-state index contributed by atoms with van der Waals surface area (Å²) in [6.45, 7) is 2.26. The van der Waals surface area contributed by atoms with Crippen LogP contribution < -0.4 is 16.4 Å². The lowest BCUT2D eigenvalue weighted by molar-refractivity contribution is 0.0953. The summed E-state index contributed by atoms with van der Waals surface area (Å²) in [6.07, 6.45) is 2.26. The van der Waals surface area contributed by atoms with Crippen LogP contribution in [0.15, 0.2) is 30.3 Å². The highest BCUT2D eigenvalue weighted by molar-refractivity contribution is 7.18. The number of hydrogen-bond donors (Lipinski definition) is 3. The van der Waals surface area contributed by atoms with E-state index in [-0.39, 0.29) is 29.9 Å². The average Bonchev–Trinajstić information content (AvgIpc) is 3.36. The number of amides is 2. The number of hydrogen-bond acceptors (Lipinski definition) is 4. The van der Waals surface area contributed by atoms with Gasteiger partial charge in [-0.15, -0.1) is 23.7 Å². The molecule has 1 saturated carbocycles. The summed E-state index contributed by atoms with van der Waals surface area (Å²) in [6, 6.07) is 7.19. The Morgan fingerprint density at radius 2 is 2.04 bits per heavy atom. The van der Waals surface area contributed by atoms with Gasteiger partial charge in [0, 0.05) is 18.2 Å². The monoisotopic (exact) mass is 397 g/mol. The molecule has 3 rings (SSSR count). The Morgan fingerprint density at radius 1 is 1.31 bits per heavy atom. The van der Waals surface area contributed by atoms with E-state index in [0.717, 1.165) is 18.4 Å². The highest BCUT2D eigenvalue weighted by atomic mass is 35.5. The van der Waals surface area contributed by atoms with Crippen LogP contribution in [0.25, 0.3) is 0 Å². The minimum absolute atomic E-state index is 0. The van der Waals surface area contributed by atoms with E-state index in [0.29, 0.717) is 22.3 Å². The van der Waals surface area contributed by atoms with Gasteiger partial charge in [-0.05, 0) is 55.5 Å².